The summed E-state index contributed by atoms with van der Waals surface area (Å²) in [7, 11) is 0. The van der Waals surface area contributed by atoms with Gasteiger partial charge >= 0.3 is 11.9 Å². The second-order valence-corrected chi connectivity index (χ2v) is 6.00. The quantitative estimate of drug-likeness (QED) is 0.568. The Balaban J connectivity index is 0.000000705. The summed E-state index contributed by atoms with van der Waals surface area (Å²) >= 11 is 0. The largest absolute Gasteiger partial charge is 0.478 e. The van der Waals surface area contributed by atoms with Gasteiger partial charge in [-0.15, -0.1) is 0 Å². The molecule has 0 unspecified atom stereocenters. The highest BCUT2D eigenvalue weighted by Crippen LogP contribution is 2.28. The number of ether oxygens (including phenoxy) is 1. The van der Waals surface area contributed by atoms with Crippen LogP contribution in [0.2, 0.25) is 0 Å². The predicted molar refractivity (Wildman–Crippen MR) is 90.4 cm³/mol. The number of carbonyl (C=O) groups excluding carboxylic acids is 1. The molecule has 2 rings (SSSR count). The molecular weight excluding hydrogens is 328 g/mol. The van der Waals surface area contributed by atoms with Crippen molar-refractivity contribution in [2.24, 2.45) is 11.8 Å². The zero-order chi connectivity index (χ0) is 18.7. The molecule has 1 aliphatic carbocycles. The van der Waals surface area contributed by atoms with Crippen molar-refractivity contribution in [1.82, 2.24) is 0 Å². The molecule has 140 valence electrons. The molecule has 4 N–H and O–H groups in total. The normalized spacial score (nSPS) is 19.5. The Morgan fingerprint density at radius 1 is 0.880 bits per heavy atom. The van der Waals surface area contributed by atoms with E-state index in [-0.39, 0.29) is 25.4 Å². The van der Waals surface area contributed by atoms with Crippen LogP contribution in [-0.2, 0) is 4.74 Å². The summed E-state index contributed by atoms with van der Waals surface area (Å²) < 4.78 is 5.29. The summed E-state index contributed by atoms with van der Waals surface area (Å²) in [4.78, 5) is 22.6. The van der Waals surface area contributed by atoms with Gasteiger partial charge in [0.25, 0.3) is 0 Å². The molecule has 0 aliphatic heterocycles. The van der Waals surface area contributed by atoms with Crippen LogP contribution in [0.25, 0.3) is 0 Å². The molecule has 25 heavy (non-hydrogen) atoms. The third kappa shape index (κ3) is 7.64. The van der Waals surface area contributed by atoms with E-state index in [4.69, 9.17) is 25.2 Å². The molecule has 0 aromatic heterocycles. The minimum atomic E-state index is -1.02. The third-order valence-electron chi connectivity index (χ3n) is 4.14. The van der Waals surface area contributed by atoms with Gasteiger partial charge in [-0.3, -0.25) is 0 Å². The van der Waals surface area contributed by atoms with Gasteiger partial charge in [-0.05, 0) is 61.8 Å². The van der Waals surface area contributed by atoms with Crippen molar-refractivity contribution in [3.8, 4) is 0 Å². The van der Waals surface area contributed by atoms with Crippen molar-refractivity contribution >= 4 is 11.9 Å². The van der Waals surface area contributed by atoms with E-state index in [2.05, 4.69) is 0 Å². The van der Waals surface area contributed by atoms with Gasteiger partial charge in [-0.1, -0.05) is 0 Å². The highest BCUT2D eigenvalue weighted by atomic mass is 16.5. The first-order chi connectivity index (χ1) is 12.0. The molecule has 1 aliphatic rings. The number of carbonyl (C=O) groups is 2. The molecule has 0 heterocycles. The maximum atomic E-state index is 11.9. The standard InChI is InChI=1S/C16H20O5.C2H6O2/c17-9-11-1-3-12(4-2-11)10-21-16(20)14-7-5-13(6-8-14)15(18)19;3-1-2-4/h5-8,11-12,17H,1-4,9-10H2,(H,18,19);3-4H,1-2H2. The van der Waals surface area contributed by atoms with E-state index in [1.165, 1.54) is 24.3 Å². The SMILES string of the molecule is O=C(O)c1ccc(C(=O)OCC2CCC(CO)CC2)cc1.OCCO. The first kappa shape index (κ1) is 21.1. The first-order valence-corrected chi connectivity index (χ1v) is 8.34. The smallest absolute Gasteiger partial charge is 0.338 e. The summed E-state index contributed by atoms with van der Waals surface area (Å²) in [5, 5.41) is 33.1. The number of aliphatic hydroxyl groups is 3. The van der Waals surface area contributed by atoms with Gasteiger partial charge in [0.2, 0.25) is 0 Å². The maximum absolute atomic E-state index is 11.9. The molecule has 7 heteroatoms. The van der Waals surface area contributed by atoms with Gasteiger partial charge in [0.1, 0.15) is 0 Å². The molecular formula is C18H26O7. The van der Waals surface area contributed by atoms with Crippen molar-refractivity contribution in [3.05, 3.63) is 35.4 Å². The lowest BCUT2D eigenvalue weighted by Crippen LogP contribution is -2.22. The zero-order valence-electron chi connectivity index (χ0n) is 14.1. The number of benzene rings is 1. The number of hydrogen-bond acceptors (Lipinski definition) is 6. The molecule has 1 fully saturated rings. The minimum Gasteiger partial charge on any atom is -0.478 e. The predicted octanol–water partition coefficient (Wildman–Crippen LogP) is 1.31. The second kappa shape index (κ2) is 11.6. The Hall–Kier alpha value is -1.96. The molecule has 1 saturated carbocycles. The van der Waals surface area contributed by atoms with Gasteiger partial charge in [0, 0.05) is 6.61 Å². The lowest BCUT2D eigenvalue weighted by atomic mass is 9.83. The van der Waals surface area contributed by atoms with Gasteiger partial charge < -0.3 is 25.2 Å². The first-order valence-electron chi connectivity index (χ1n) is 8.34. The lowest BCUT2D eigenvalue weighted by Gasteiger charge is -2.26. The fraction of sp³-hybridized carbons (Fsp3) is 0.556. The minimum absolute atomic E-state index is 0.125. The summed E-state index contributed by atoms with van der Waals surface area (Å²) in [6.45, 7) is 0.375. The van der Waals surface area contributed by atoms with E-state index in [1.54, 1.807) is 0 Å². The monoisotopic (exact) mass is 354 g/mol. The Kier molecular flexibility index (Phi) is 9.76. The van der Waals surface area contributed by atoms with Crippen LogP contribution in [0.5, 0.6) is 0 Å². The Labute approximate surface area is 146 Å². The summed E-state index contributed by atoms with van der Waals surface area (Å²) in [6.07, 6.45) is 3.89. The average molecular weight is 354 g/mol. The topological polar surface area (TPSA) is 124 Å². The van der Waals surface area contributed by atoms with E-state index in [0.29, 0.717) is 24.0 Å². The molecule has 0 bridgehead atoms. The van der Waals surface area contributed by atoms with Gasteiger partial charge in [0.15, 0.2) is 0 Å². The second-order valence-electron chi connectivity index (χ2n) is 6.00. The van der Waals surface area contributed by atoms with Gasteiger partial charge in [-0.25, -0.2) is 9.59 Å². The van der Waals surface area contributed by atoms with Crippen LogP contribution in [0.3, 0.4) is 0 Å². The van der Waals surface area contributed by atoms with Crippen molar-refractivity contribution in [2.45, 2.75) is 25.7 Å². The highest BCUT2D eigenvalue weighted by molar-refractivity contribution is 5.92. The molecule has 0 saturated heterocycles. The molecule has 0 amide bonds. The number of aliphatic hydroxyl groups excluding tert-OH is 3. The average Bonchev–Trinajstić information content (AvgIpc) is 2.66. The van der Waals surface area contributed by atoms with Crippen LogP contribution < -0.4 is 0 Å². The van der Waals surface area contributed by atoms with Crippen LogP contribution in [0, 0.1) is 11.8 Å². The summed E-state index contributed by atoms with van der Waals surface area (Å²) in [5.74, 6) is -0.692. The van der Waals surface area contributed by atoms with Crippen molar-refractivity contribution in [1.29, 1.82) is 0 Å². The van der Waals surface area contributed by atoms with E-state index < -0.39 is 11.9 Å². The highest BCUT2D eigenvalue weighted by Gasteiger charge is 2.22. The molecule has 7 nitrogen and oxygen atoms in total. The van der Waals surface area contributed by atoms with Crippen LogP contribution in [0.1, 0.15) is 46.4 Å². The number of rotatable bonds is 6. The number of hydrogen-bond donors (Lipinski definition) is 4. The van der Waals surface area contributed by atoms with Crippen LogP contribution in [0.4, 0.5) is 0 Å². The van der Waals surface area contributed by atoms with Crippen LogP contribution in [0.15, 0.2) is 24.3 Å². The summed E-state index contributed by atoms with van der Waals surface area (Å²) in [5.41, 5.74) is 0.512. The third-order valence-corrected chi connectivity index (χ3v) is 4.14. The van der Waals surface area contributed by atoms with Gasteiger partial charge in [0.05, 0.1) is 30.9 Å². The van der Waals surface area contributed by atoms with Crippen LogP contribution in [-0.4, -0.2) is 58.8 Å². The number of carboxylic acid groups (broad SMARTS) is 1. The number of carboxylic acids is 1. The molecule has 0 radical (unpaired) electrons. The van der Waals surface area contributed by atoms with Crippen molar-refractivity contribution < 1.29 is 34.8 Å². The van der Waals surface area contributed by atoms with E-state index >= 15 is 0 Å². The van der Waals surface area contributed by atoms with E-state index in [1.807, 2.05) is 0 Å². The number of esters is 1. The number of aromatic carboxylic acids is 1. The fourth-order valence-electron chi connectivity index (χ4n) is 2.61. The summed E-state index contributed by atoms with van der Waals surface area (Å²) in [6, 6.07) is 5.72. The van der Waals surface area contributed by atoms with Gasteiger partial charge in [-0.2, -0.15) is 0 Å². The van der Waals surface area contributed by atoms with E-state index in [9.17, 15) is 9.59 Å². The zero-order valence-corrected chi connectivity index (χ0v) is 14.1. The molecule has 0 atom stereocenters. The maximum Gasteiger partial charge on any atom is 0.338 e. The van der Waals surface area contributed by atoms with Crippen molar-refractivity contribution in [3.63, 3.8) is 0 Å². The Morgan fingerprint density at radius 2 is 1.36 bits per heavy atom. The fourth-order valence-corrected chi connectivity index (χ4v) is 2.61. The molecule has 1 aromatic carbocycles. The van der Waals surface area contributed by atoms with Crippen LogP contribution >= 0.6 is 0 Å². The van der Waals surface area contributed by atoms with Crippen molar-refractivity contribution in [2.75, 3.05) is 26.4 Å². The lowest BCUT2D eigenvalue weighted by molar-refractivity contribution is 0.0379. The molecule has 1 aromatic rings. The molecule has 0 spiro atoms. The van der Waals surface area contributed by atoms with E-state index in [0.717, 1.165) is 25.7 Å². The Bertz CT molecular complexity index is 517. The Morgan fingerprint density at radius 3 is 1.80 bits per heavy atom.